The molecule has 2 aromatic rings. The van der Waals surface area contributed by atoms with E-state index < -0.39 is 50.6 Å². The average Bonchev–Trinajstić information content (AvgIpc) is 3.49. The Bertz CT molecular complexity index is 1970. The van der Waals surface area contributed by atoms with E-state index in [1.165, 1.54) is 13.5 Å². The van der Waals surface area contributed by atoms with Crippen LogP contribution in [0.5, 0.6) is 0 Å². The van der Waals surface area contributed by atoms with E-state index in [2.05, 4.69) is 17.2 Å². The van der Waals surface area contributed by atoms with Crippen LogP contribution in [-0.2, 0) is 46.9 Å². The summed E-state index contributed by atoms with van der Waals surface area (Å²) in [5.41, 5.74) is 2.03. The van der Waals surface area contributed by atoms with Crippen molar-refractivity contribution < 1.29 is 32.3 Å². The van der Waals surface area contributed by atoms with Crippen molar-refractivity contribution in [2.24, 2.45) is 17.8 Å². The summed E-state index contributed by atoms with van der Waals surface area (Å²) in [6.45, 7) is 4.73. The van der Waals surface area contributed by atoms with Crippen molar-refractivity contribution in [3.8, 4) is 0 Å². The van der Waals surface area contributed by atoms with Gasteiger partial charge in [-0.3, -0.25) is 19.7 Å². The van der Waals surface area contributed by atoms with E-state index in [4.69, 9.17) is 19.4 Å². The minimum absolute atomic E-state index is 0.0519. The number of para-hydroxylation sites is 2. The van der Waals surface area contributed by atoms with Crippen LogP contribution in [0, 0.1) is 17.8 Å². The zero-order chi connectivity index (χ0) is 41.1. The fourth-order valence-corrected chi connectivity index (χ4v) is 12.4. The summed E-state index contributed by atoms with van der Waals surface area (Å²) >= 11 is 0. The molecule has 322 valence electrons. The van der Waals surface area contributed by atoms with Gasteiger partial charge in [0.1, 0.15) is 5.54 Å². The predicted molar refractivity (Wildman–Crippen MR) is 224 cm³/mol. The van der Waals surface area contributed by atoms with Crippen molar-refractivity contribution in [1.82, 2.24) is 29.8 Å². The fraction of sp³-hybridized carbons (Fsp3) is 0.711. The van der Waals surface area contributed by atoms with Crippen LogP contribution >= 0.6 is 0 Å². The minimum atomic E-state index is -3.84. The second-order valence-corrected chi connectivity index (χ2v) is 20.5. The zero-order valence-corrected chi connectivity index (χ0v) is 35.6. The third-order valence-corrected chi connectivity index (χ3v) is 16.8. The van der Waals surface area contributed by atoms with Gasteiger partial charge in [-0.05, 0) is 94.6 Å². The van der Waals surface area contributed by atoms with Crippen molar-refractivity contribution >= 4 is 38.8 Å². The summed E-state index contributed by atoms with van der Waals surface area (Å²) in [6.07, 6.45) is 17.6. The number of aryl methyl sites for hydroxylation is 1. The molecule has 13 nitrogen and oxygen atoms in total. The van der Waals surface area contributed by atoms with E-state index in [9.17, 15) is 22.8 Å². The molecule has 2 N–H and O–H groups in total. The molecule has 3 amide bonds. The average molecular weight is 833 g/mol. The molecule has 4 aliphatic carbocycles. The van der Waals surface area contributed by atoms with Crippen molar-refractivity contribution in [3.63, 3.8) is 0 Å². The largest absolute Gasteiger partial charge is 0.370 e. The second-order valence-electron chi connectivity index (χ2n) is 18.3. The van der Waals surface area contributed by atoms with E-state index in [0.717, 1.165) is 110 Å². The Hall–Kier alpha value is -3.46. The molecule has 7 atom stereocenters. The molecule has 1 saturated heterocycles. The number of likely N-dealkylation sites (N-methyl/N-ethyl adjacent to an activating group) is 1. The number of aromatic nitrogens is 2. The Labute approximate surface area is 349 Å². The van der Waals surface area contributed by atoms with Gasteiger partial charge in [0.05, 0.1) is 59.3 Å². The monoisotopic (exact) mass is 832 g/mol. The predicted octanol–water partition coefficient (Wildman–Crippen LogP) is 5.71. The number of nitrogens with one attached hydrogen (secondary N) is 2. The number of nitrogens with zero attached hydrogens (tertiary/aromatic N) is 4. The van der Waals surface area contributed by atoms with Gasteiger partial charge in [-0.25, -0.2) is 22.7 Å². The molecule has 5 fully saturated rings. The van der Waals surface area contributed by atoms with Gasteiger partial charge in [-0.15, -0.1) is 6.58 Å². The molecule has 4 saturated carbocycles. The van der Waals surface area contributed by atoms with Crippen molar-refractivity contribution in [3.05, 3.63) is 48.3 Å². The van der Waals surface area contributed by atoms with E-state index in [1.54, 1.807) is 6.08 Å². The van der Waals surface area contributed by atoms with Crippen molar-refractivity contribution in [1.29, 1.82) is 0 Å². The Morgan fingerprint density at radius 1 is 0.932 bits per heavy atom. The standard InChI is InChI=1S/C45H64N6O7S/c1-3-32-26-45(32,44(54)50(2)59(55,56)35-18-13-19-35)49-41(52)25-33-24-34-27-51(33)43(53)42(31-15-7-4-8-16-31)46-29-58-40-23-12-17-30(40)14-6-5-9-20-38-39(28-57-34)48-37-22-11-10-21-36(37)47-38/h3,10-11,21-22,30-35,40,42,46H,1,4-9,12-20,23-29H2,2H3,(H,49,52)/t30-,32?,33+,34-,40-,42+,45-/m1/s1. The summed E-state index contributed by atoms with van der Waals surface area (Å²) in [5.74, 6) is -0.838. The summed E-state index contributed by atoms with van der Waals surface area (Å²) in [7, 11) is -2.54. The minimum Gasteiger partial charge on any atom is -0.370 e. The normalized spacial score (nSPS) is 31.5. The first kappa shape index (κ1) is 42.2. The van der Waals surface area contributed by atoms with Gasteiger partial charge in [-0.1, -0.05) is 63.2 Å². The number of ether oxygens (including phenoxy) is 2. The Balaban J connectivity index is 1.05. The molecule has 2 bridgehead atoms. The molecule has 8 rings (SSSR count). The number of sulfonamides is 1. The number of hydrogen-bond donors (Lipinski definition) is 2. The Morgan fingerprint density at radius 2 is 1.61 bits per heavy atom. The maximum atomic E-state index is 15.0. The lowest BCUT2D eigenvalue weighted by molar-refractivity contribution is -0.139. The zero-order valence-electron chi connectivity index (χ0n) is 34.8. The highest BCUT2D eigenvalue weighted by Gasteiger charge is 2.62. The summed E-state index contributed by atoms with van der Waals surface area (Å²) < 4.78 is 40.6. The number of carbonyl (C=O) groups excluding carboxylic acids is 3. The number of rotatable bonds is 8. The van der Waals surface area contributed by atoms with Crippen LogP contribution in [0.4, 0.5) is 0 Å². The van der Waals surface area contributed by atoms with E-state index >= 15 is 0 Å². The second kappa shape index (κ2) is 18.3. The molecule has 6 aliphatic rings. The molecule has 0 spiro atoms. The van der Waals surface area contributed by atoms with Gasteiger partial charge in [0.15, 0.2) is 0 Å². The molecule has 1 unspecified atom stereocenters. The Kier molecular flexibility index (Phi) is 13.1. The highest BCUT2D eigenvalue weighted by Crippen LogP contribution is 2.47. The first-order valence-electron chi connectivity index (χ1n) is 22.5. The molecule has 1 aromatic heterocycles. The third kappa shape index (κ3) is 9.11. The molecule has 59 heavy (non-hydrogen) atoms. The van der Waals surface area contributed by atoms with Gasteiger partial charge in [0.2, 0.25) is 21.8 Å². The van der Waals surface area contributed by atoms with Gasteiger partial charge in [0, 0.05) is 32.0 Å². The number of hydrogen-bond acceptors (Lipinski definition) is 10. The summed E-state index contributed by atoms with van der Waals surface area (Å²) in [5, 5.41) is 5.97. The molecular formula is C45H64N6O7S. The molecule has 2 aliphatic heterocycles. The number of benzene rings is 1. The highest BCUT2D eigenvalue weighted by atomic mass is 32.2. The van der Waals surface area contributed by atoms with E-state index in [1.807, 2.05) is 29.2 Å². The SMILES string of the molecule is C=CC1C[C@]1(NC(=O)C[C@@H]1C[C@@H]2CN1C(=O)[C@H](C1CCCCC1)NCO[C@@H]1CCC[C@H]1CCCCCc1nc3ccccc3nc1CO2)C(=O)N(C)S(=O)(=O)C1CCC1. The fourth-order valence-electron chi connectivity index (χ4n) is 10.6. The van der Waals surface area contributed by atoms with Crippen LogP contribution < -0.4 is 10.6 Å². The van der Waals surface area contributed by atoms with Crippen LogP contribution in [-0.4, -0.2) is 101 Å². The third-order valence-electron chi connectivity index (χ3n) is 14.5. The number of amides is 3. The molecule has 14 heteroatoms. The molecular weight excluding hydrogens is 769 g/mol. The number of fused-ring (bicyclic) bond motifs is 5. The van der Waals surface area contributed by atoms with Crippen molar-refractivity contribution in [2.75, 3.05) is 20.3 Å². The quantitative estimate of drug-likeness (QED) is 0.316. The molecule has 0 radical (unpaired) electrons. The molecule has 3 heterocycles. The lowest BCUT2D eigenvalue weighted by Gasteiger charge is -2.35. The van der Waals surface area contributed by atoms with Crippen LogP contribution in [0.15, 0.2) is 36.9 Å². The van der Waals surface area contributed by atoms with E-state index in [0.29, 0.717) is 38.5 Å². The van der Waals surface area contributed by atoms with Crippen LogP contribution in [0.3, 0.4) is 0 Å². The van der Waals surface area contributed by atoms with Gasteiger partial charge < -0.3 is 19.7 Å². The lowest BCUT2D eigenvalue weighted by atomic mass is 9.83. The van der Waals surface area contributed by atoms with Crippen LogP contribution in [0.25, 0.3) is 11.0 Å². The summed E-state index contributed by atoms with van der Waals surface area (Å²) in [6, 6.07) is 6.93. The Morgan fingerprint density at radius 3 is 2.31 bits per heavy atom. The first-order valence-corrected chi connectivity index (χ1v) is 24.0. The summed E-state index contributed by atoms with van der Waals surface area (Å²) in [4.78, 5) is 54.9. The van der Waals surface area contributed by atoms with Crippen molar-refractivity contribution in [2.45, 2.75) is 164 Å². The topological polar surface area (TPSA) is 160 Å². The molecule has 1 aromatic carbocycles. The van der Waals surface area contributed by atoms with Crippen LogP contribution in [0.1, 0.15) is 127 Å². The van der Waals surface area contributed by atoms with E-state index in [-0.39, 0.29) is 43.5 Å². The highest BCUT2D eigenvalue weighted by molar-refractivity contribution is 7.90. The number of carbonyl (C=O) groups is 3. The van der Waals surface area contributed by atoms with Gasteiger partial charge in [-0.2, -0.15) is 0 Å². The first-order chi connectivity index (χ1) is 28.6. The van der Waals surface area contributed by atoms with Gasteiger partial charge >= 0.3 is 0 Å². The maximum absolute atomic E-state index is 15.0. The lowest BCUT2D eigenvalue weighted by Crippen LogP contribution is -2.56. The maximum Gasteiger partial charge on any atom is 0.262 e. The smallest absolute Gasteiger partial charge is 0.262 e. The van der Waals surface area contributed by atoms with Gasteiger partial charge in [0.25, 0.3) is 5.91 Å². The van der Waals surface area contributed by atoms with Crippen LogP contribution in [0.2, 0.25) is 0 Å².